The Morgan fingerprint density at radius 1 is 1.08 bits per heavy atom. The van der Waals surface area contributed by atoms with E-state index in [1.165, 1.54) is 12.1 Å². The van der Waals surface area contributed by atoms with Gasteiger partial charge in [0.2, 0.25) is 0 Å². The van der Waals surface area contributed by atoms with E-state index in [0.717, 1.165) is 0 Å². The molecule has 2 rings (SSSR count). The Balaban J connectivity index is 2.65. The Bertz CT molecular complexity index is 860. The van der Waals surface area contributed by atoms with Gasteiger partial charge in [-0.05, 0) is 40.8 Å². The van der Waals surface area contributed by atoms with Crippen LogP contribution in [-0.2, 0) is 4.74 Å². The average Bonchev–Trinajstić information content (AvgIpc) is 2.57. The van der Waals surface area contributed by atoms with E-state index >= 15 is 0 Å². The lowest BCUT2D eigenvalue weighted by atomic mass is 10.1. The number of hydrogen-bond acceptors (Lipinski definition) is 2. The number of hydrogen-bond donors (Lipinski definition) is 0. The van der Waals surface area contributed by atoms with Crippen LogP contribution in [0.25, 0.3) is 9.34 Å². The second kappa shape index (κ2) is 8.30. The van der Waals surface area contributed by atoms with Crippen LogP contribution in [0.3, 0.4) is 0 Å². The molecular formula is C17H9Cl2F3INO. The molecule has 0 aromatic heterocycles. The molecule has 0 aliphatic rings. The Morgan fingerprint density at radius 2 is 1.72 bits per heavy atom. The van der Waals surface area contributed by atoms with Crippen LogP contribution in [0.5, 0.6) is 0 Å². The second-order valence-corrected chi connectivity index (χ2v) is 6.67. The SMILES string of the molecule is N#Cc1ccccc1/C(I)=C(\OCC(F)(F)F)c1cccc(Cl)c1Cl. The normalized spacial score (nSPS) is 12.4. The third-order valence-corrected chi connectivity index (χ3v) is 4.95. The number of nitrogens with zero attached hydrogens (tertiary/aromatic N) is 1. The van der Waals surface area contributed by atoms with Crippen molar-refractivity contribution in [3.63, 3.8) is 0 Å². The summed E-state index contributed by atoms with van der Waals surface area (Å²) >= 11 is 14.0. The Kier molecular flexibility index (Phi) is 6.60. The van der Waals surface area contributed by atoms with Gasteiger partial charge in [0.15, 0.2) is 6.61 Å². The van der Waals surface area contributed by atoms with Crippen LogP contribution in [-0.4, -0.2) is 12.8 Å². The maximum atomic E-state index is 12.7. The largest absolute Gasteiger partial charge is 0.482 e. The number of rotatable bonds is 4. The predicted molar refractivity (Wildman–Crippen MR) is 100 cm³/mol. The topological polar surface area (TPSA) is 33.0 Å². The van der Waals surface area contributed by atoms with Crippen molar-refractivity contribution in [1.29, 1.82) is 5.26 Å². The van der Waals surface area contributed by atoms with E-state index < -0.39 is 12.8 Å². The summed E-state index contributed by atoms with van der Waals surface area (Å²) in [5, 5.41) is 9.49. The van der Waals surface area contributed by atoms with E-state index in [0.29, 0.717) is 14.7 Å². The third kappa shape index (κ3) is 5.03. The van der Waals surface area contributed by atoms with Gasteiger partial charge in [-0.2, -0.15) is 18.4 Å². The molecule has 130 valence electrons. The fraction of sp³-hybridized carbons (Fsp3) is 0.118. The summed E-state index contributed by atoms with van der Waals surface area (Å²) in [6, 6.07) is 13.1. The third-order valence-electron chi connectivity index (χ3n) is 3.06. The number of benzene rings is 2. The number of nitriles is 1. The van der Waals surface area contributed by atoms with Crippen molar-refractivity contribution >= 4 is 55.1 Å². The minimum atomic E-state index is -4.53. The molecule has 2 nitrogen and oxygen atoms in total. The van der Waals surface area contributed by atoms with Gasteiger partial charge < -0.3 is 4.74 Å². The monoisotopic (exact) mass is 497 g/mol. The molecule has 8 heteroatoms. The predicted octanol–water partition coefficient (Wildman–Crippen LogP) is 6.70. The van der Waals surface area contributed by atoms with Crippen molar-refractivity contribution in [1.82, 2.24) is 0 Å². The lowest BCUT2D eigenvalue weighted by Gasteiger charge is -2.17. The highest BCUT2D eigenvalue weighted by Crippen LogP contribution is 2.39. The molecule has 0 heterocycles. The van der Waals surface area contributed by atoms with Gasteiger partial charge in [0.05, 0.1) is 25.3 Å². The van der Waals surface area contributed by atoms with Crippen LogP contribution < -0.4 is 0 Å². The van der Waals surface area contributed by atoms with E-state index in [-0.39, 0.29) is 21.4 Å². The van der Waals surface area contributed by atoms with Crippen molar-refractivity contribution < 1.29 is 17.9 Å². The van der Waals surface area contributed by atoms with Crippen LogP contribution in [0.2, 0.25) is 10.0 Å². The van der Waals surface area contributed by atoms with Gasteiger partial charge in [-0.15, -0.1) is 0 Å². The van der Waals surface area contributed by atoms with Crippen molar-refractivity contribution in [2.45, 2.75) is 6.18 Å². The van der Waals surface area contributed by atoms with E-state index in [1.54, 1.807) is 30.3 Å². The van der Waals surface area contributed by atoms with Crippen molar-refractivity contribution in [3.8, 4) is 6.07 Å². The summed E-state index contributed by atoms with van der Waals surface area (Å²) in [6.45, 7) is -1.49. The molecule has 0 aliphatic heterocycles. The fourth-order valence-electron chi connectivity index (χ4n) is 1.99. The summed E-state index contributed by atoms with van der Waals surface area (Å²) in [6.07, 6.45) is -4.53. The molecule has 0 atom stereocenters. The van der Waals surface area contributed by atoms with Crippen molar-refractivity contribution in [2.24, 2.45) is 0 Å². The van der Waals surface area contributed by atoms with Gasteiger partial charge in [-0.25, -0.2) is 0 Å². The Morgan fingerprint density at radius 3 is 2.36 bits per heavy atom. The van der Waals surface area contributed by atoms with Crippen molar-refractivity contribution in [3.05, 3.63) is 69.2 Å². The molecule has 0 spiro atoms. The molecule has 0 N–H and O–H groups in total. The number of ether oxygens (including phenoxy) is 1. The van der Waals surface area contributed by atoms with Gasteiger partial charge in [-0.1, -0.05) is 47.5 Å². The first-order valence-electron chi connectivity index (χ1n) is 6.78. The summed E-state index contributed by atoms with van der Waals surface area (Å²) < 4.78 is 43.3. The Hall–Kier alpha value is -1.43. The van der Waals surface area contributed by atoms with E-state index in [4.69, 9.17) is 27.9 Å². The molecule has 2 aromatic carbocycles. The highest BCUT2D eigenvalue weighted by Gasteiger charge is 2.30. The van der Waals surface area contributed by atoms with Crippen molar-refractivity contribution in [2.75, 3.05) is 6.61 Å². The van der Waals surface area contributed by atoms with Crippen LogP contribution in [0.15, 0.2) is 42.5 Å². The molecule has 25 heavy (non-hydrogen) atoms. The maximum Gasteiger partial charge on any atom is 0.422 e. The lowest BCUT2D eigenvalue weighted by Crippen LogP contribution is -2.16. The summed E-state index contributed by atoms with van der Waals surface area (Å²) in [5.74, 6) is -0.0897. The highest BCUT2D eigenvalue weighted by molar-refractivity contribution is 14.1. The van der Waals surface area contributed by atoms with Crippen LogP contribution in [0, 0.1) is 11.3 Å². The minimum absolute atomic E-state index is 0.0740. The summed E-state index contributed by atoms with van der Waals surface area (Å²) in [7, 11) is 0. The molecule has 0 fully saturated rings. The van der Waals surface area contributed by atoms with Gasteiger partial charge >= 0.3 is 6.18 Å². The Labute approximate surface area is 165 Å². The maximum absolute atomic E-state index is 12.7. The van der Waals surface area contributed by atoms with Gasteiger partial charge in [-0.3, -0.25) is 0 Å². The average molecular weight is 498 g/mol. The molecule has 0 aliphatic carbocycles. The van der Waals surface area contributed by atoms with Crippen LogP contribution >= 0.6 is 45.8 Å². The van der Waals surface area contributed by atoms with Crippen LogP contribution in [0.4, 0.5) is 13.2 Å². The highest BCUT2D eigenvalue weighted by atomic mass is 127. The van der Waals surface area contributed by atoms with Gasteiger partial charge in [0.25, 0.3) is 0 Å². The molecule has 2 aromatic rings. The molecule has 0 saturated carbocycles. The van der Waals surface area contributed by atoms with Gasteiger partial charge in [0, 0.05) is 11.1 Å². The first-order chi connectivity index (χ1) is 11.7. The second-order valence-electron chi connectivity index (χ2n) is 4.81. The fourth-order valence-corrected chi connectivity index (χ4v) is 3.29. The minimum Gasteiger partial charge on any atom is -0.482 e. The summed E-state index contributed by atoms with van der Waals surface area (Å²) in [4.78, 5) is 0. The molecule has 0 unspecified atom stereocenters. The molecule has 0 amide bonds. The number of alkyl halides is 3. The lowest BCUT2D eigenvalue weighted by molar-refractivity contribution is -0.158. The van der Waals surface area contributed by atoms with E-state index in [2.05, 4.69) is 0 Å². The zero-order valence-electron chi connectivity index (χ0n) is 12.4. The number of halogens is 6. The zero-order valence-corrected chi connectivity index (χ0v) is 16.0. The van der Waals surface area contributed by atoms with Gasteiger partial charge in [0.1, 0.15) is 5.76 Å². The molecule has 0 radical (unpaired) electrons. The first-order valence-corrected chi connectivity index (χ1v) is 8.61. The first kappa shape index (κ1) is 19.9. The molecule has 0 saturated heterocycles. The smallest absolute Gasteiger partial charge is 0.422 e. The standard InChI is InChI=1S/C17H9Cl2F3INO/c18-13-7-3-6-12(14(13)19)16(25-9-17(20,21)22)15(23)11-5-2-1-4-10(11)8-24/h1-7H,9H2/b16-15+. The zero-order chi connectivity index (χ0) is 18.6. The van der Waals surface area contributed by atoms with Crippen LogP contribution in [0.1, 0.15) is 16.7 Å². The quantitative estimate of drug-likeness (QED) is 0.267. The van der Waals surface area contributed by atoms with E-state index in [1.807, 2.05) is 28.7 Å². The summed E-state index contributed by atoms with van der Waals surface area (Å²) in [5.41, 5.74) is 0.965. The molecular weight excluding hydrogens is 489 g/mol. The van der Waals surface area contributed by atoms with E-state index in [9.17, 15) is 18.4 Å². The molecule has 0 bridgehead atoms.